The van der Waals surface area contributed by atoms with Gasteiger partial charge in [-0.3, -0.25) is 9.88 Å². The number of nitrogens with zero attached hydrogens (tertiary/aromatic N) is 2. The summed E-state index contributed by atoms with van der Waals surface area (Å²) in [5.41, 5.74) is 12.8. The maximum atomic E-state index is 6.34. The minimum atomic E-state index is 0.0492. The van der Waals surface area contributed by atoms with Crippen molar-refractivity contribution in [2.45, 2.75) is 46.2 Å². The minimum Gasteiger partial charge on any atom is -0.324 e. The van der Waals surface area contributed by atoms with Gasteiger partial charge >= 0.3 is 0 Å². The maximum absolute atomic E-state index is 6.34. The topological polar surface area (TPSA) is 42.1 Å². The van der Waals surface area contributed by atoms with Crippen LogP contribution in [0.25, 0.3) is 10.9 Å². The van der Waals surface area contributed by atoms with Gasteiger partial charge in [-0.15, -0.1) is 0 Å². The number of benzene rings is 1. The normalized spacial score (nSPS) is 17.0. The Balaban J connectivity index is 2.29. The molecule has 0 fully saturated rings. The van der Waals surface area contributed by atoms with E-state index in [-0.39, 0.29) is 6.04 Å². The van der Waals surface area contributed by atoms with Crippen LogP contribution in [0, 0.1) is 0 Å². The lowest BCUT2D eigenvalue weighted by Gasteiger charge is -2.30. The third kappa shape index (κ3) is 2.45. The van der Waals surface area contributed by atoms with Gasteiger partial charge in [0.1, 0.15) is 0 Å². The molecule has 1 unspecified atom stereocenters. The van der Waals surface area contributed by atoms with Crippen molar-refractivity contribution in [3.63, 3.8) is 0 Å². The van der Waals surface area contributed by atoms with Crippen LogP contribution in [0.1, 0.15) is 49.2 Å². The molecule has 1 atom stereocenters. The highest BCUT2D eigenvalue weighted by atomic mass is 15.1. The average Bonchev–Trinajstić information content (AvgIpc) is 2.51. The Morgan fingerprint density at radius 1 is 1.33 bits per heavy atom. The third-order valence-corrected chi connectivity index (χ3v) is 4.66. The molecule has 0 amide bonds. The van der Waals surface area contributed by atoms with Gasteiger partial charge in [0.2, 0.25) is 0 Å². The fourth-order valence-corrected chi connectivity index (χ4v) is 3.49. The first kappa shape index (κ1) is 14.5. The van der Waals surface area contributed by atoms with Crippen LogP contribution in [0.2, 0.25) is 0 Å². The summed E-state index contributed by atoms with van der Waals surface area (Å²) < 4.78 is 0. The highest BCUT2D eigenvalue weighted by Crippen LogP contribution is 2.32. The Labute approximate surface area is 127 Å². The smallest absolute Gasteiger partial charge is 0.0740 e. The molecule has 2 aromatic rings. The quantitative estimate of drug-likeness (QED) is 0.940. The van der Waals surface area contributed by atoms with E-state index < -0.39 is 0 Å². The van der Waals surface area contributed by atoms with E-state index in [1.165, 1.54) is 27.8 Å². The first-order valence-corrected chi connectivity index (χ1v) is 8.06. The van der Waals surface area contributed by atoms with Crippen LogP contribution in [0.4, 0.5) is 0 Å². The standard InChI is InChI=1S/C18H25N3/c1-4-13-7-6-8-14-17(12(3)19)15-11-21(5-2)10-9-16(15)20-18(13)14/h6-8,12H,4-5,9-11,19H2,1-3H3. The predicted octanol–water partition coefficient (Wildman–Crippen LogP) is 3.19. The lowest BCUT2D eigenvalue weighted by Crippen LogP contribution is -2.32. The van der Waals surface area contributed by atoms with Crippen molar-refractivity contribution in [1.29, 1.82) is 0 Å². The van der Waals surface area contributed by atoms with Gasteiger partial charge in [0, 0.05) is 36.6 Å². The molecule has 21 heavy (non-hydrogen) atoms. The molecule has 0 saturated carbocycles. The molecule has 0 radical (unpaired) electrons. The number of pyridine rings is 1. The van der Waals surface area contributed by atoms with Crippen molar-refractivity contribution in [2.24, 2.45) is 5.73 Å². The monoisotopic (exact) mass is 283 g/mol. The van der Waals surface area contributed by atoms with E-state index in [9.17, 15) is 0 Å². The van der Waals surface area contributed by atoms with E-state index >= 15 is 0 Å². The predicted molar refractivity (Wildman–Crippen MR) is 88.4 cm³/mol. The molecular weight excluding hydrogens is 258 g/mol. The Bertz CT molecular complexity index is 661. The molecule has 3 heteroatoms. The third-order valence-electron chi connectivity index (χ3n) is 4.66. The number of likely N-dealkylation sites (N-methyl/N-ethyl adjacent to an activating group) is 1. The fraction of sp³-hybridized carbons (Fsp3) is 0.500. The molecule has 2 N–H and O–H groups in total. The molecule has 3 rings (SSSR count). The summed E-state index contributed by atoms with van der Waals surface area (Å²) in [6, 6.07) is 6.56. The Kier molecular flexibility index (Phi) is 3.96. The second-order valence-corrected chi connectivity index (χ2v) is 6.03. The van der Waals surface area contributed by atoms with Gasteiger partial charge in [0.05, 0.1) is 5.52 Å². The molecule has 1 aliphatic heterocycles. The number of hydrogen-bond donors (Lipinski definition) is 1. The van der Waals surface area contributed by atoms with Crippen molar-refractivity contribution in [1.82, 2.24) is 9.88 Å². The lowest BCUT2D eigenvalue weighted by atomic mass is 9.91. The molecule has 2 heterocycles. The SMILES string of the molecule is CCc1cccc2c(C(C)N)c3c(nc12)CCN(CC)C3. The number of aryl methyl sites for hydroxylation is 1. The van der Waals surface area contributed by atoms with Crippen molar-refractivity contribution in [2.75, 3.05) is 13.1 Å². The number of aromatic nitrogens is 1. The molecule has 0 bridgehead atoms. The van der Waals surface area contributed by atoms with Gasteiger partial charge in [-0.05, 0) is 36.6 Å². The van der Waals surface area contributed by atoms with Crippen LogP contribution >= 0.6 is 0 Å². The van der Waals surface area contributed by atoms with E-state index in [4.69, 9.17) is 10.7 Å². The van der Waals surface area contributed by atoms with Gasteiger partial charge in [-0.2, -0.15) is 0 Å². The zero-order chi connectivity index (χ0) is 15.0. The fourth-order valence-electron chi connectivity index (χ4n) is 3.49. The number of rotatable bonds is 3. The first-order chi connectivity index (χ1) is 10.2. The minimum absolute atomic E-state index is 0.0492. The van der Waals surface area contributed by atoms with Gasteiger partial charge in [0.25, 0.3) is 0 Å². The summed E-state index contributed by atoms with van der Waals surface area (Å²) in [6.07, 6.45) is 2.06. The van der Waals surface area contributed by atoms with Crippen LogP contribution in [-0.2, 0) is 19.4 Å². The highest BCUT2D eigenvalue weighted by molar-refractivity contribution is 5.87. The molecular formula is C18H25N3. The molecule has 3 nitrogen and oxygen atoms in total. The van der Waals surface area contributed by atoms with Crippen LogP contribution < -0.4 is 5.73 Å². The summed E-state index contributed by atoms with van der Waals surface area (Å²) >= 11 is 0. The van der Waals surface area contributed by atoms with Gasteiger partial charge in [0.15, 0.2) is 0 Å². The Morgan fingerprint density at radius 2 is 2.14 bits per heavy atom. The Hall–Kier alpha value is -1.45. The van der Waals surface area contributed by atoms with E-state index in [0.29, 0.717) is 0 Å². The van der Waals surface area contributed by atoms with Gasteiger partial charge < -0.3 is 5.73 Å². The molecule has 1 aromatic heterocycles. The van der Waals surface area contributed by atoms with Gasteiger partial charge in [-0.25, -0.2) is 0 Å². The maximum Gasteiger partial charge on any atom is 0.0740 e. The van der Waals surface area contributed by atoms with Crippen LogP contribution in [0.3, 0.4) is 0 Å². The highest BCUT2D eigenvalue weighted by Gasteiger charge is 2.23. The zero-order valence-corrected chi connectivity index (χ0v) is 13.3. The molecule has 0 saturated heterocycles. The number of fused-ring (bicyclic) bond motifs is 2. The van der Waals surface area contributed by atoms with Crippen LogP contribution in [-0.4, -0.2) is 23.0 Å². The number of nitrogens with two attached hydrogens (primary N) is 1. The van der Waals surface area contributed by atoms with E-state index in [1.807, 2.05) is 0 Å². The molecule has 0 aliphatic carbocycles. The summed E-state index contributed by atoms with van der Waals surface area (Å²) in [4.78, 5) is 7.49. The first-order valence-electron chi connectivity index (χ1n) is 8.06. The lowest BCUT2D eigenvalue weighted by molar-refractivity contribution is 0.264. The Morgan fingerprint density at radius 3 is 2.81 bits per heavy atom. The second-order valence-electron chi connectivity index (χ2n) is 6.03. The summed E-state index contributed by atoms with van der Waals surface area (Å²) in [5.74, 6) is 0. The zero-order valence-electron chi connectivity index (χ0n) is 13.3. The molecule has 112 valence electrons. The molecule has 1 aliphatic rings. The largest absolute Gasteiger partial charge is 0.324 e. The second kappa shape index (κ2) is 5.74. The van der Waals surface area contributed by atoms with Crippen molar-refractivity contribution in [3.05, 3.63) is 40.6 Å². The molecule has 1 aromatic carbocycles. The average molecular weight is 283 g/mol. The number of para-hydroxylation sites is 1. The summed E-state index contributed by atoms with van der Waals surface area (Å²) in [5, 5.41) is 1.25. The van der Waals surface area contributed by atoms with Crippen molar-refractivity contribution < 1.29 is 0 Å². The summed E-state index contributed by atoms with van der Waals surface area (Å²) in [7, 11) is 0. The van der Waals surface area contributed by atoms with Crippen LogP contribution in [0.15, 0.2) is 18.2 Å². The molecule has 0 spiro atoms. The van der Waals surface area contributed by atoms with Crippen molar-refractivity contribution >= 4 is 10.9 Å². The van der Waals surface area contributed by atoms with E-state index in [2.05, 4.69) is 43.9 Å². The number of hydrogen-bond acceptors (Lipinski definition) is 3. The van der Waals surface area contributed by atoms with E-state index in [0.717, 1.165) is 38.0 Å². The summed E-state index contributed by atoms with van der Waals surface area (Å²) in [6.45, 7) is 9.70. The van der Waals surface area contributed by atoms with E-state index in [1.54, 1.807) is 0 Å². The van der Waals surface area contributed by atoms with Gasteiger partial charge in [-0.1, -0.05) is 32.0 Å². The van der Waals surface area contributed by atoms with Crippen molar-refractivity contribution in [3.8, 4) is 0 Å². The van der Waals surface area contributed by atoms with Crippen LogP contribution in [0.5, 0.6) is 0 Å².